The second-order valence-electron chi connectivity index (χ2n) is 6.76. The van der Waals surface area contributed by atoms with E-state index in [1.54, 1.807) is 31.5 Å². The Kier molecular flexibility index (Phi) is 3.83. The molecule has 5 rings (SSSR count). The summed E-state index contributed by atoms with van der Waals surface area (Å²) in [4.78, 5) is 34.4. The number of fused-ring (bicyclic) bond motifs is 2. The van der Waals surface area contributed by atoms with Gasteiger partial charge in [-0.2, -0.15) is 5.10 Å². The molecule has 0 spiro atoms. The van der Waals surface area contributed by atoms with Crippen molar-refractivity contribution < 1.29 is 0 Å². The molecular weight excluding hydrogens is 368 g/mol. The molecule has 0 fully saturated rings. The van der Waals surface area contributed by atoms with Crippen molar-refractivity contribution in [1.82, 2.24) is 29.4 Å². The maximum absolute atomic E-state index is 12.9. The summed E-state index contributed by atoms with van der Waals surface area (Å²) in [5, 5.41) is 8.65. The van der Waals surface area contributed by atoms with Gasteiger partial charge in [0.1, 0.15) is 0 Å². The maximum atomic E-state index is 12.9. The molecule has 1 unspecified atom stereocenters. The third-order valence-corrected chi connectivity index (χ3v) is 4.93. The van der Waals surface area contributed by atoms with Crippen LogP contribution in [0.15, 0.2) is 76.6 Å². The van der Waals surface area contributed by atoms with Gasteiger partial charge in [-0.1, -0.05) is 24.3 Å². The number of aromatic nitrogens is 6. The number of aromatic amines is 1. The van der Waals surface area contributed by atoms with Gasteiger partial charge >= 0.3 is 0 Å². The molecule has 0 aliphatic carbocycles. The van der Waals surface area contributed by atoms with Crippen molar-refractivity contribution >= 4 is 16.4 Å². The lowest BCUT2D eigenvalue weighted by molar-refractivity contribution is 0.524. The molecule has 0 bridgehead atoms. The lowest BCUT2D eigenvalue weighted by Crippen LogP contribution is -2.28. The molecule has 29 heavy (non-hydrogen) atoms. The average molecular weight is 384 g/mol. The largest absolute Gasteiger partial charge is 0.287 e. The van der Waals surface area contributed by atoms with E-state index in [0.717, 1.165) is 5.39 Å². The molecule has 1 N–H and O–H groups in total. The topological polar surface area (TPSA) is 97.9 Å². The summed E-state index contributed by atoms with van der Waals surface area (Å²) >= 11 is 0. The van der Waals surface area contributed by atoms with Crippen LogP contribution in [0.25, 0.3) is 27.8 Å². The first-order chi connectivity index (χ1) is 14.1. The predicted molar refractivity (Wildman–Crippen MR) is 109 cm³/mol. The van der Waals surface area contributed by atoms with Crippen LogP contribution in [0.1, 0.15) is 18.7 Å². The number of nitrogens with zero attached hydrogens (tertiary/aromatic N) is 5. The fourth-order valence-electron chi connectivity index (χ4n) is 3.38. The van der Waals surface area contributed by atoms with Crippen LogP contribution in [0, 0.1) is 0 Å². The molecule has 1 aromatic carbocycles. The van der Waals surface area contributed by atoms with Gasteiger partial charge in [0, 0.05) is 23.7 Å². The van der Waals surface area contributed by atoms with Crippen molar-refractivity contribution in [2.24, 2.45) is 0 Å². The van der Waals surface area contributed by atoms with Crippen molar-refractivity contribution in [2.45, 2.75) is 13.0 Å². The van der Waals surface area contributed by atoms with Crippen LogP contribution in [0.3, 0.4) is 0 Å². The first-order valence-electron chi connectivity index (χ1n) is 9.12. The van der Waals surface area contributed by atoms with Crippen LogP contribution in [-0.2, 0) is 0 Å². The lowest BCUT2D eigenvalue weighted by atomic mass is 10.2. The van der Waals surface area contributed by atoms with Gasteiger partial charge < -0.3 is 0 Å². The van der Waals surface area contributed by atoms with Crippen molar-refractivity contribution in [2.75, 3.05) is 0 Å². The molecule has 0 aliphatic rings. The molecule has 0 saturated carbocycles. The molecule has 0 aliphatic heterocycles. The summed E-state index contributed by atoms with van der Waals surface area (Å²) in [6.07, 6.45) is 3.33. The van der Waals surface area contributed by atoms with E-state index >= 15 is 0 Å². The van der Waals surface area contributed by atoms with E-state index < -0.39 is 6.04 Å². The van der Waals surface area contributed by atoms with Gasteiger partial charge in [0.15, 0.2) is 5.65 Å². The monoisotopic (exact) mass is 384 g/mol. The molecular formula is C21H16N6O2. The average Bonchev–Trinajstić information content (AvgIpc) is 3.19. The minimum atomic E-state index is -0.502. The number of pyridine rings is 1. The summed E-state index contributed by atoms with van der Waals surface area (Å²) in [6, 6.07) is 15.5. The first-order valence-corrected chi connectivity index (χ1v) is 9.12. The van der Waals surface area contributed by atoms with Gasteiger partial charge in [-0.15, -0.1) is 0 Å². The number of rotatable bonds is 3. The quantitative estimate of drug-likeness (QED) is 0.515. The number of nitrogens with one attached hydrogen (secondary N) is 1. The molecule has 8 heteroatoms. The number of hydrogen-bond acceptors (Lipinski definition) is 5. The third-order valence-electron chi connectivity index (χ3n) is 4.93. The third kappa shape index (κ3) is 2.82. The standard InChI is InChI=1S/C21H16N6O2/c1-13(26-21(29)15-7-3-2-6-14(15)12-23-26)17-11-20(28)27-19(24-17)10-18(25-27)16-8-4-5-9-22-16/h2-13,25H,1H3. The van der Waals surface area contributed by atoms with E-state index in [1.165, 1.54) is 15.3 Å². The van der Waals surface area contributed by atoms with Gasteiger partial charge in [-0.3, -0.25) is 19.7 Å². The van der Waals surface area contributed by atoms with E-state index in [0.29, 0.717) is 28.1 Å². The number of hydrogen-bond donors (Lipinski definition) is 1. The highest BCUT2D eigenvalue weighted by molar-refractivity contribution is 5.80. The van der Waals surface area contributed by atoms with Crippen LogP contribution >= 0.6 is 0 Å². The normalized spacial score (nSPS) is 12.4. The fraction of sp³-hybridized carbons (Fsp3) is 0.0952. The Bertz CT molecular complexity index is 1470. The van der Waals surface area contributed by atoms with Crippen LogP contribution in [0.4, 0.5) is 0 Å². The van der Waals surface area contributed by atoms with Crippen LogP contribution in [-0.4, -0.2) is 29.4 Å². The summed E-state index contributed by atoms with van der Waals surface area (Å²) in [7, 11) is 0. The summed E-state index contributed by atoms with van der Waals surface area (Å²) in [6.45, 7) is 1.80. The smallest absolute Gasteiger partial charge is 0.275 e. The van der Waals surface area contributed by atoms with E-state index in [2.05, 4.69) is 20.2 Å². The maximum Gasteiger partial charge on any atom is 0.275 e. The summed E-state index contributed by atoms with van der Waals surface area (Å²) in [5.41, 5.74) is 1.81. The van der Waals surface area contributed by atoms with E-state index in [1.807, 2.05) is 36.4 Å². The molecule has 0 amide bonds. The highest BCUT2D eigenvalue weighted by Gasteiger charge is 2.17. The number of H-pyrrole nitrogens is 1. The van der Waals surface area contributed by atoms with E-state index in [-0.39, 0.29) is 11.1 Å². The predicted octanol–water partition coefficient (Wildman–Crippen LogP) is 2.40. The molecule has 4 aromatic heterocycles. The second kappa shape index (κ2) is 6.52. The first kappa shape index (κ1) is 17.1. The molecule has 1 atom stereocenters. The van der Waals surface area contributed by atoms with Gasteiger partial charge in [0.05, 0.1) is 34.7 Å². The Hall–Kier alpha value is -4.07. The molecule has 0 saturated heterocycles. The second-order valence-corrected chi connectivity index (χ2v) is 6.76. The highest BCUT2D eigenvalue weighted by Crippen LogP contribution is 2.18. The highest BCUT2D eigenvalue weighted by atomic mass is 16.1. The SMILES string of the molecule is CC(c1cc(=O)n2[nH]c(-c3ccccn3)cc2n1)n1ncc2ccccc2c1=O. The van der Waals surface area contributed by atoms with Crippen molar-refractivity contribution in [3.05, 3.63) is 93.4 Å². The number of benzene rings is 1. The van der Waals surface area contributed by atoms with E-state index in [9.17, 15) is 9.59 Å². The molecule has 142 valence electrons. The Labute approximate surface area is 164 Å². The van der Waals surface area contributed by atoms with Crippen molar-refractivity contribution in [1.29, 1.82) is 0 Å². The lowest BCUT2D eigenvalue weighted by Gasteiger charge is -2.13. The Morgan fingerprint density at radius 2 is 1.86 bits per heavy atom. The Balaban J connectivity index is 1.63. The minimum Gasteiger partial charge on any atom is -0.287 e. The molecule has 5 aromatic rings. The summed E-state index contributed by atoms with van der Waals surface area (Å²) in [5.74, 6) is 0. The zero-order chi connectivity index (χ0) is 20.0. The van der Waals surface area contributed by atoms with Gasteiger partial charge in [-0.05, 0) is 25.1 Å². The van der Waals surface area contributed by atoms with Gasteiger partial charge in [0.25, 0.3) is 11.1 Å². The Morgan fingerprint density at radius 1 is 1.03 bits per heavy atom. The zero-order valence-electron chi connectivity index (χ0n) is 15.5. The fourth-order valence-corrected chi connectivity index (χ4v) is 3.38. The molecule has 0 radical (unpaired) electrons. The van der Waals surface area contributed by atoms with Crippen molar-refractivity contribution in [3.63, 3.8) is 0 Å². The zero-order valence-corrected chi connectivity index (χ0v) is 15.5. The minimum absolute atomic E-state index is 0.221. The van der Waals surface area contributed by atoms with Crippen LogP contribution < -0.4 is 11.1 Å². The Morgan fingerprint density at radius 3 is 2.69 bits per heavy atom. The molecule has 8 nitrogen and oxygen atoms in total. The summed E-state index contributed by atoms with van der Waals surface area (Å²) < 4.78 is 2.71. The van der Waals surface area contributed by atoms with Gasteiger partial charge in [0.2, 0.25) is 0 Å². The van der Waals surface area contributed by atoms with Gasteiger partial charge in [-0.25, -0.2) is 14.2 Å². The van der Waals surface area contributed by atoms with Crippen molar-refractivity contribution in [3.8, 4) is 11.4 Å². The van der Waals surface area contributed by atoms with Crippen LogP contribution in [0.2, 0.25) is 0 Å². The van der Waals surface area contributed by atoms with E-state index in [4.69, 9.17) is 0 Å². The molecule has 4 heterocycles. The van der Waals surface area contributed by atoms with Crippen LogP contribution in [0.5, 0.6) is 0 Å².